The Balaban J connectivity index is 1.50. The molecule has 3 aromatic heterocycles. The van der Waals surface area contributed by atoms with E-state index in [1.165, 1.54) is 15.6 Å². The summed E-state index contributed by atoms with van der Waals surface area (Å²) in [5.74, 6) is -0.203. The molecule has 0 unspecified atom stereocenters. The molecule has 1 fully saturated rings. The Labute approximate surface area is 154 Å². The quantitative estimate of drug-likeness (QED) is 0.672. The van der Waals surface area contributed by atoms with Crippen molar-refractivity contribution in [1.29, 1.82) is 0 Å². The number of carbonyl (C=O) groups excluding carboxylic acids is 1. The fraction of sp³-hybridized carbons (Fsp3) is 0.312. The summed E-state index contributed by atoms with van der Waals surface area (Å²) >= 11 is 1.21. The molecule has 10 heteroatoms. The summed E-state index contributed by atoms with van der Waals surface area (Å²) in [6, 6.07) is 6.72. The molecular weight excluding hydrogens is 374 g/mol. The molecule has 0 N–H and O–H groups in total. The van der Waals surface area contributed by atoms with Crippen molar-refractivity contribution >= 4 is 32.9 Å². The summed E-state index contributed by atoms with van der Waals surface area (Å²) in [6.45, 7) is 1.51. The molecule has 0 spiro atoms. The van der Waals surface area contributed by atoms with Gasteiger partial charge in [0, 0.05) is 44.6 Å². The minimum Gasteiger partial charge on any atom is -0.336 e. The Morgan fingerprint density at radius 1 is 1.15 bits per heavy atom. The Morgan fingerprint density at radius 2 is 2.04 bits per heavy atom. The van der Waals surface area contributed by atoms with Crippen LogP contribution in [0.1, 0.15) is 16.9 Å². The highest BCUT2D eigenvalue weighted by atomic mass is 32.2. The van der Waals surface area contributed by atoms with Crippen LogP contribution >= 0.6 is 11.3 Å². The monoisotopic (exact) mass is 391 g/mol. The normalized spacial score (nSPS) is 16.7. The van der Waals surface area contributed by atoms with Gasteiger partial charge in [-0.15, -0.1) is 11.3 Å². The number of aromatic nitrogens is 3. The van der Waals surface area contributed by atoms with Crippen LogP contribution in [0.5, 0.6) is 0 Å². The number of amides is 1. The van der Waals surface area contributed by atoms with Gasteiger partial charge < -0.3 is 4.90 Å². The molecule has 3 aromatic rings. The lowest BCUT2D eigenvalue weighted by molar-refractivity contribution is 0.0758. The van der Waals surface area contributed by atoms with E-state index in [-0.39, 0.29) is 12.5 Å². The van der Waals surface area contributed by atoms with Gasteiger partial charge in [0.05, 0.1) is 0 Å². The van der Waals surface area contributed by atoms with Gasteiger partial charge in [-0.2, -0.15) is 9.40 Å². The SMILES string of the molecule is O=C(c1cc2ncccn2n1)N1CCCN(S(=O)(=O)c2cccs2)CC1. The van der Waals surface area contributed by atoms with Crippen LogP contribution in [0.4, 0.5) is 0 Å². The Kier molecular flexibility index (Phi) is 4.47. The van der Waals surface area contributed by atoms with Crippen LogP contribution in [0.2, 0.25) is 0 Å². The first-order chi connectivity index (χ1) is 12.6. The third kappa shape index (κ3) is 3.11. The molecule has 136 valence electrons. The van der Waals surface area contributed by atoms with E-state index >= 15 is 0 Å². The van der Waals surface area contributed by atoms with Crippen molar-refractivity contribution in [2.45, 2.75) is 10.6 Å². The standard InChI is InChI=1S/C16H17N5O3S2/c22-16(13-12-14-17-5-2-8-21(14)18-13)19-6-3-7-20(10-9-19)26(23,24)15-4-1-11-25-15/h1-2,4-5,8,11-12H,3,6-7,9-10H2. The molecule has 26 heavy (non-hydrogen) atoms. The van der Waals surface area contributed by atoms with E-state index in [2.05, 4.69) is 10.1 Å². The van der Waals surface area contributed by atoms with Gasteiger partial charge in [-0.25, -0.2) is 17.9 Å². The molecule has 4 heterocycles. The predicted molar refractivity (Wildman–Crippen MR) is 96.6 cm³/mol. The van der Waals surface area contributed by atoms with E-state index in [1.807, 2.05) is 0 Å². The molecule has 1 amide bonds. The minimum atomic E-state index is -3.49. The maximum absolute atomic E-state index is 12.8. The highest BCUT2D eigenvalue weighted by Crippen LogP contribution is 2.22. The number of thiophene rings is 1. The van der Waals surface area contributed by atoms with Crippen molar-refractivity contribution < 1.29 is 13.2 Å². The van der Waals surface area contributed by atoms with Gasteiger partial charge in [0.15, 0.2) is 11.3 Å². The average molecular weight is 391 g/mol. The molecule has 8 nitrogen and oxygen atoms in total. The van der Waals surface area contributed by atoms with Crippen LogP contribution in [-0.2, 0) is 10.0 Å². The maximum atomic E-state index is 12.8. The van der Waals surface area contributed by atoms with Crippen molar-refractivity contribution in [3.63, 3.8) is 0 Å². The minimum absolute atomic E-state index is 0.203. The number of nitrogens with zero attached hydrogens (tertiary/aromatic N) is 5. The van der Waals surface area contributed by atoms with E-state index in [1.54, 1.807) is 51.5 Å². The number of sulfonamides is 1. The Hall–Kier alpha value is -2.30. The zero-order chi connectivity index (χ0) is 18.1. The van der Waals surface area contributed by atoms with Crippen molar-refractivity contribution in [3.05, 3.63) is 47.7 Å². The van der Waals surface area contributed by atoms with Gasteiger partial charge in [0.2, 0.25) is 0 Å². The number of carbonyl (C=O) groups is 1. The zero-order valence-electron chi connectivity index (χ0n) is 13.9. The van der Waals surface area contributed by atoms with Crippen LogP contribution in [-0.4, -0.2) is 64.3 Å². The smallest absolute Gasteiger partial charge is 0.274 e. The average Bonchev–Trinajstić information content (AvgIpc) is 3.26. The van der Waals surface area contributed by atoms with Crippen molar-refractivity contribution in [2.75, 3.05) is 26.2 Å². The van der Waals surface area contributed by atoms with Gasteiger partial charge in [-0.1, -0.05) is 6.07 Å². The summed E-state index contributed by atoms with van der Waals surface area (Å²) in [4.78, 5) is 18.6. The summed E-state index contributed by atoms with van der Waals surface area (Å²) < 4.78 is 28.7. The Morgan fingerprint density at radius 3 is 2.81 bits per heavy atom. The van der Waals surface area contributed by atoms with Crippen LogP contribution in [0, 0.1) is 0 Å². The van der Waals surface area contributed by atoms with Crippen LogP contribution < -0.4 is 0 Å². The molecule has 1 saturated heterocycles. The highest BCUT2D eigenvalue weighted by molar-refractivity contribution is 7.91. The first kappa shape index (κ1) is 17.1. The molecule has 0 aliphatic carbocycles. The maximum Gasteiger partial charge on any atom is 0.274 e. The topological polar surface area (TPSA) is 87.9 Å². The fourth-order valence-corrected chi connectivity index (χ4v) is 5.59. The van der Waals surface area contributed by atoms with Crippen molar-refractivity contribution in [2.24, 2.45) is 0 Å². The van der Waals surface area contributed by atoms with E-state index in [4.69, 9.17) is 0 Å². The zero-order valence-corrected chi connectivity index (χ0v) is 15.5. The molecule has 0 saturated carbocycles. The summed E-state index contributed by atoms with van der Waals surface area (Å²) in [6.07, 6.45) is 3.96. The number of fused-ring (bicyclic) bond motifs is 1. The number of hydrogen-bond acceptors (Lipinski definition) is 6. The van der Waals surface area contributed by atoms with Gasteiger partial charge in [-0.05, 0) is 23.9 Å². The molecular formula is C16H17N5O3S2. The molecule has 0 atom stereocenters. The summed E-state index contributed by atoms with van der Waals surface area (Å²) in [5, 5.41) is 6.01. The van der Waals surface area contributed by atoms with E-state index in [0.717, 1.165) is 0 Å². The van der Waals surface area contributed by atoms with E-state index in [0.29, 0.717) is 41.6 Å². The predicted octanol–water partition coefficient (Wildman–Crippen LogP) is 1.33. The lowest BCUT2D eigenvalue weighted by Crippen LogP contribution is -2.37. The van der Waals surface area contributed by atoms with Gasteiger partial charge in [0.1, 0.15) is 4.21 Å². The lowest BCUT2D eigenvalue weighted by atomic mass is 10.3. The second-order valence-electron chi connectivity index (χ2n) is 5.93. The molecule has 4 rings (SSSR count). The summed E-state index contributed by atoms with van der Waals surface area (Å²) in [5.41, 5.74) is 0.922. The number of rotatable bonds is 3. The van der Waals surface area contributed by atoms with Crippen molar-refractivity contribution in [3.8, 4) is 0 Å². The molecule has 0 radical (unpaired) electrons. The van der Waals surface area contributed by atoms with E-state index in [9.17, 15) is 13.2 Å². The molecule has 1 aliphatic rings. The van der Waals surface area contributed by atoms with Gasteiger partial charge >= 0.3 is 0 Å². The first-order valence-corrected chi connectivity index (χ1v) is 10.5. The van der Waals surface area contributed by atoms with Gasteiger partial charge in [-0.3, -0.25) is 4.79 Å². The number of hydrogen-bond donors (Lipinski definition) is 0. The fourth-order valence-electron chi connectivity index (χ4n) is 2.97. The molecule has 0 aromatic carbocycles. The third-order valence-electron chi connectivity index (χ3n) is 4.29. The lowest BCUT2D eigenvalue weighted by Gasteiger charge is -2.20. The second kappa shape index (κ2) is 6.78. The van der Waals surface area contributed by atoms with E-state index < -0.39 is 10.0 Å². The Bertz CT molecular complexity index is 996. The first-order valence-electron chi connectivity index (χ1n) is 8.19. The van der Waals surface area contributed by atoms with Crippen LogP contribution in [0.25, 0.3) is 5.65 Å². The third-order valence-corrected chi connectivity index (χ3v) is 7.56. The van der Waals surface area contributed by atoms with Crippen LogP contribution in [0.15, 0.2) is 46.2 Å². The largest absolute Gasteiger partial charge is 0.336 e. The molecule has 1 aliphatic heterocycles. The highest BCUT2D eigenvalue weighted by Gasteiger charge is 2.29. The molecule has 0 bridgehead atoms. The summed E-state index contributed by atoms with van der Waals surface area (Å²) in [7, 11) is -3.49. The van der Waals surface area contributed by atoms with Crippen molar-refractivity contribution in [1.82, 2.24) is 23.8 Å². The second-order valence-corrected chi connectivity index (χ2v) is 9.05. The van der Waals surface area contributed by atoms with Gasteiger partial charge in [0.25, 0.3) is 15.9 Å². The van der Waals surface area contributed by atoms with Crippen LogP contribution in [0.3, 0.4) is 0 Å².